The van der Waals surface area contributed by atoms with E-state index in [0.717, 1.165) is 30.5 Å². The van der Waals surface area contributed by atoms with Gasteiger partial charge in [-0.3, -0.25) is 4.79 Å². The van der Waals surface area contributed by atoms with E-state index in [-0.39, 0.29) is 11.8 Å². The van der Waals surface area contributed by atoms with Crippen LogP contribution in [0.3, 0.4) is 0 Å². The lowest BCUT2D eigenvalue weighted by Gasteiger charge is -2.19. The molecule has 2 heterocycles. The van der Waals surface area contributed by atoms with E-state index in [1.54, 1.807) is 6.07 Å². The number of rotatable bonds is 6. The lowest BCUT2D eigenvalue weighted by molar-refractivity contribution is -0.120. The van der Waals surface area contributed by atoms with Crippen LogP contribution in [0, 0.1) is 5.92 Å². The Morgan fingerprint density at radius 1 is 1.26 bits per heavy atom. The number of hydrogen-bond donors (Lipinski definition) is 1. The summed E-state index contributed by atoms with van der Waals surface area (Å²) in [6.45, 7) is 3.63. The van der Waals surface area contributed by atoms with E-state index in [2.05, 4.69) is 29.3 Å². The first kappa shape index (κ1) is 16.0. The fourth-order valence-corrected chi connectivity index (χ4v) is 2.74. The normalized spacial score (nSPS) is 19.1. The molecule has 0 fully saturated rings. The van der Waals surface area contributed by atoms with Crippen molar-refractivity contribution in [2.45, 2.75) is 6.42 Å². The number of benzene rings is 1. The van der Waals surface area contributed by atoms with Crippen LogP contribution in [-0.4, -0.2) is 57.8 Å². The predicted octanol–water partition coefficient (Wildman–Crippen LogP) is -0.444. The van der Waals surface area contributed by atoms with Crippen molar-refractivity contribution in [2.75, 3.05) is 46.9 Å². The zero-order valence-corrected chi connectivity index (χ0v) is 13.7. The van der Waals surface area contributed by atoms with Crippen molar-refractivity contribution >= 4 is 12.0 Å². The highest BCUT2D eigenvalue weighted by Crippen LogP contribution is 2.26. The largest absolute Gasteiger partial charge is 0.486 e. The number of nitrogens with one attached hydrogen (secondary N) is 1. The van der Waals surface area contributed by atoms with E-state index in [0.29, 0.717) is 30.9 Å². The Hall–Kier alpha value is -1.92. The Labute approximate surface area is 135 Å². The van der Waals surface area contributed by atoms with Crippen LogP contribution in [-0.2, 0) is 4.79 Å². The molecule has 2 aliphatic heterocycles. The molecule has 0 aromatic heterocycles. The summed E-state index contributed by atoms with van der Waals surface area (Å²) >= 11 is 0. The van der Waals surface area contributed by atoms with Crippen molar-refractivity contribution in [1.82, 2.24) is 10.2 Å². The van der Waals surface area contributed by atoms with Crippen LogP contribution in [0.1, 0.15) is 6.42 Å². The van der Waals surface area contributed by atoms with Gasteiger partial charge in [0.25, 0.3) is 5.91 Å². The fourth-order valence-electron chi connectivity index (χ4n) is 2.74. The summed E-state index contributed by atoms with van der Waals surface area (Å²) in [6, 6.07) is 3.71. The molecule has 1 atom stereocenters. The second-order valence-electron chi connectivity index (χ2n) is 6.14. The summed E-state index contributed by atoms with van der Waals surface area (Å²) in [5.74, 6) is 1.08. The van der Waals surface area contributed by atoms with Crippen LogP contribution in [0.2, 0.25) is 0 Å². The van der Waals surface area contributed by atoms with Crippen molar-refractivity contribution in [1.29, 1.82) is 0 Å². The summed E-state index contributed by atoms with van der Waals surface area (Å²) in [7, 11) is 4.11. The second-order valence-corrected chi connectivity index (χ2v) is 6.14. The van der Waals surface area contributed by atoms with Crippen LogP contribution in [0.15, 0.2) is 17.1 Å². The molecule has 0 bridgehead atoms. The van der Waals surface area contributed by atoms with Crippen molar-refractivity contribution in [3.8, 4) is 11.5 Å². The van der Waals surface area contributed by atoms with Crippen molar-refractivity contribution in [3.63, 3.8) is 0 Å². The van der Waals surface area contributed by atoms with Gasteiger partial charge in [0.05, 0.1) is 11.3 Å². The molecule has 6 nitrogen and oxygen atoms in total. The maximum Gasteiger partial charge on any atom is 0.254 e. The second kappa shape index (κ2) is 7.10. The zero-order chi connectivity index (χ0) is 16.2. The molecule has 0 aliphatic carbocycles. The molecule has 2 aliphatic rings. The lowest BCUT2D eigenvalue weighted by atomic mass is 10.0. The molecule has 0 radical (unpaired) electrons. The Balaban J connectivity index is 1.68. The van der Waals surface area contributed by atoms with Gasteiger partial charge in [-0.15, -0.1) is 0 Å². The maximum atomic E-state index is 12.2. The highest BCUT2D eigenvalue weighted by Gasteiger charge is 2.20. The molecular weight excluding hydrogens is 294 g/mol. The monoisotopic (exact) mass is 317 g/mol. The van der Waals surface area contributed by atoms with E-state index >= 15 is 0 Å². The SMILES string of the molecule is CN(C)CCCNCC1C=c2cc3c(cc2=NC1=O)OCCO3. The molecule has 1 aromatic carbocycles. The summed E-state index contributed by atoms with van der Waals surface area (Å²) in [4.78, 5) is 18.5. The summed E-state index contributed by atoms with van der Waals surface area (Å²) in [5.41, 5.74) is 0. The number of nitrogens with zero attached hydrogens (tertiary/aromatic N) is 2. The van der Waals surface area contributed by atoms with Crippen LogP contribution >= 0.6 is 0 Å². The maximum absolute atomic E-state index is 12.2. The number of carbonyl (C=O) groups is 1. The predicted molar refractivity (Wildman–Crippen MR) is 87.2 cm³/mol. The molecule has 0 spiro atoms. The molecule has 124 valence electrons. The first-order valence-corrected chi connectivity index (χ1v) is 8.03. The van der Waals surface area contributed by atoms with Gasteiger partial charge < -0.3 is 19.7 Å². The number of hydrogen-bond acceptors (Lipinski definition) is 5. The third kappa shape index (κ3) is 3.89. The fraction of sp³-hybridized carbons (Fsp3) is 0.529. The van der Waals surface area contributed by atoms with Crippen molar-refractivity contribution in [3.05, 3.63) is 22.7 Å². The van der Waals surface area contributed by atoms with Gasteiger partial charge in [0.15, 0.2) is 11.5 Å². The van der Waals surface area contributed by atoms with Crippen LogP contribution in [0.25, 0.3) is 6.08 Å². The van der Waals surface area contributed by atoms with Gasteiger partial charge in [-0.05, 0) is 39.7 Å². The molecule has 1 N–H and O–H groups in total. The first-order chi connectivity index (χ1) is 11.1. The van der Waals surface area contributed by atoms with E-state index in [4.69, 9.17) is 9.47 Å². The standard InChI is InChI=1S/C17H23N3O3/c1-20(2)5-3-4-18-11-13-8-12-9-15-16(23-7-6-22-15)10-14(12)19-17(13)21/h8-10,13,18H,3-7,11H2,1-2H3. The molecule has 23 heavy (non-hydrogen) atoms. The molecule has 1 aromatic rings. The highest BCUT2D eigenvalue weighted by molar-refractivity contribution is 5.86. The quantitative estimate of drug-likeness (QED) is 0.721. The van der Waals surface area contributed by atoms with Gasteiger partial charge in [-0.2, -0.15) is 0 Å². The first-order valence-electron chi connectivity index (χ1n) is 8.03. The highest BCUT2D eigenvalue weighted by atomic mass is 16.6. The van der Waals surface area contributed by atoms with Gasteiger partial charge >= 0.3 is 0 Å². The van der Waals surface area contributed by atoms with Crippen LogP contribution < -0.4 is 25.4 Å². The van der Waals surface area contributed by atoms with Crippen LogP contribution in [0.4, 0.5) is 0 Å². The Morgan fingerprint density at radius 2 is 2.00 bits per heavy atom. The minimum absolute atomic E-state index is 0.103. The third-order valence-electron chi connectivity index (χ3n) is 3.94. The van der Waals surface area contributed by atoms with Crippen LogP contribution in [0.5, 0.6) is 11.5 Å². The average molecular weight is 317 g/mol. The third-order valence-corrected chi connectivity index (χ3v) is 3.94. The minimum Gasteiger partial charge on any atom is -0.486 e. The summed E-state index contributed by atoms with van der Waals surface area (Å²) in [5, 5.41) is 4.95. The van der Waals surface area contributed by atoms with E-state index < -0.39 is 0 Å². The van der Waals surface area contributed by atoms with Gasteiger partial charge in [0.2, 0.25) is 0 Å². The summed E-state index contributed by atoms with van der Waals surface area (Å²) < 4.78 is 11.1. The van der Waals surface area contributed by atoms with Crippen molar-refractivity contribution in [2.24, 2.45) is 10.9 Å². The summed E-state index contributed by atoms with van der Waals surface area (Å²) in [6.07, 6.45) is 3.03. The Morgan fingerprint density at radius 3 is 2.74 bits per heavy atom. The molecule has 1 amide bonds. The van der Waals surface area contributed by atoms with Crippen molar-refractivity contribution < 1.29 is 14.3 Å². The number of ether oxygens (including phenoxy) is 2. The molecule has 0 saturated carbocycles. The zero-order valence-electron chi connectivity index (χ0n) is 13.7. The molecule has 1 unspecified atom stereocenters. The Kier molecular flexibility index (Phi) is 4.93. The molecule has 0 saturated heterocycles. The van der Waals surface area contributed by atoms with Gasteiger partial charge in [-0.25, -0.2) is 4.99 Å². The Bertz CT molecular complexity index is 700. The molecule has 6 heteroatoms. The van der Waals surface area contributed by atoms with Gasteiger partial charge in [0.1, 0.15) is 13.2 Å². The van der Waals surface area contributed by atoms with E-state index in [9.17, 15) is 4.79 Å². The topological polar surface area (TPSA) is 63.2 Å². The van der Waals surface area contributed by atoms with E-state index in [1.165, 1.54) is 0 Å². The number of carbonyl (C=O) groups excluding carboxylic acids is 1. The molecule has 3 rings (SSSR count). The number of amides is 1. The van der Waals surface area contributed by atoms with E-state index in [1.807, 2.05) is 12.1 Å². The van der Waals surface area contributed by atoms with Gasteiger partial charge in [0, 0.05) is 17.8 Å². The number of fused-ring (bicyclic) bond motifs is 2. The minimum atomic E-state index is -0.218. The molecular formula is C17H23N3O3. The smallest absolute Gasteiger partial charge is 0.254 e. The lowest BCUT2D eigenvalue weighted by Crippen LogP contribution is -2.38. The van der Waals surface area contributed by atoms with Gasteiger partial charge in [-0.1, -0.05) is 6.08 Å². The average Bonchev–Trinajstić information content (AvgIpc) is 2.53.